The number of rotatable bonds is 6. The summed E-state index contributed by atoms with van der Waals surface area (Å²) in [6.45, 7) is -0.637. The summed E-state index contributed by atoms with van der Waals surface area (Å²) in [6.07, 6.45) is 0. The van der Waals surface area contributed by atoms with Crippen molar-refractivity contribution in [3.05, 3.63) is 199 Å². The molecule has 276 valence electrons. The van der Waals surface area contributed by atoms with Crippen LogP contribution in [0.2, 0.25) is 0 Å². The summed E-state index contributed by atoms with van der Waals surface area (Å²) in [4.78, 5) is 14.7. The van der Waals surface area contributed by atoms with Crippen molar-refractivity contribution in [1.82, 2.24) is 19.5 Å². The summed E-state index contributed by atoms with van der Waals surface area (Å²) in [7, 11) is 0. The van der Waals surface area contributed by atoms with E-state index in [1.165, 1.54) is 4.57 Å². The molecule has 0 bridgehead atoms. The van der Waals surface area contributed by atoms with E-state index >= 15 is 0 Å². The van der Waals surface area contributed by atoms with E-state index in [1.54, 1.807) is 18.2 Å². The van der Waals surface area contributed by atoms with Gasteiger partial charge in [-0.3, -0.25) is 0 Å². The van der Waals surface area contributed by atoms with E-state index in [1.807, 2.05) is 78.9 Å². The standard InChI is InChI=1S/C54H34N4O/c1-3-15-36(16-4-1)52-55-53(37-17-5-2-6-18-37)57-54(56-52)45-31-30-41(39-20-9-10-21-40(39)45)43-23-13-25-48-50(43)46-28-26-34(32-49(46)59-48)33-58-47-24-12-11-22-42(47)44-29-27-35-14-7-8-19-38(35)51(44)58/h1-32H,33H2/i7D,8D,11D,12D,13D,14D,19D,22D,23D,24D,25D,26D,27D,28D,29D,32D. The second kappa shape index (κ2) is 13.4. The fourth-order valence-electron chi connectivity index (χ4n) is 7.87. The first kappa shape index (κ1) is 21.0. The van der Waals surface area contributed by atoms with Crippen LogP contribution in [0.15, 0.2) is 198 Å². The highest BCUT2D eigenvalue weighted by Gasteiger charge is 2.20. The van der Waals surface area contributed by atoms with Crippen LogP contribution in [0, 0.1) is 0 Å². The zero-order valence-electron chi connectivity index (χ0n) is 46.6. The van der Waals surface area contributed by atoms with E-state index < -0.39 is 97.2 Å². The highest BCUT2D eigenvalue weighted by Crippen LogP contribution is 2.42. The molecule has 0 spiro atoms. The van der Waals surface area contributed by atoms with Crippen molar-refractivity contribution in [1.29, 1.82) is 0 Å². The maximum absolute atomic E-state index is 9.72. The largest absolute Gasteiger partial charge is 0.456 e. The molecule has 0 radical (unpaired) electrons. The highest BCUT2D eigenvalue weighted by molar-refractivity contribution is 6.18. The molecule has 5 nitrogen and oxygen atoms in total. The molecule has 12 rings (SSSR count). The van der Waals surface area contributed by atoms with Gasteiger partial charge < -0.3 is 8.98 Å². The van der Waals surface area contributed by atoms with Gasteiger partial charge in [0.15, 0.2) is 17.5 Å². The van der Waals surface area contributed by atoms with Crippen LogP contribution in [0.4, 0.5) is 0 Å². The van der Waals surface area contributed by atoms with Gasteiger partial charge in [0, 0.05) is 55.7 Å². The lowest BCUT2D eigenvalue weighted by Crippen LogP contribution is -2.00. The van der Waals surface area contributed by atoms with Gasteiger partial charge >= 0.3 is 0 Å². The molecule has 3 aromatic heterocycles. The van der Waals surface area contributed by atoms with Crippen LogP contribution in [-0.2, 0) is 6.54 Å². The first-order chi connectivity index (χ1) is 35.9. The smallest absolute Gasteiger partial charge is 0.164 e. The van der Waals surface area contributed by atoms with Gasteiger partial charge in [-0.15, -0.1) is 0 Å². The van der Waals surface area contributed by atoms with Crippen LogP contribution in [0.3, 0.4) is 0 Å². The minimum atomic E-state index is -0.686. The normalized spacial score (nSPS) is 15.6. The van der Waals surface area contributed by atoms with Gasteiger partial charge in [-0.25, -0.2) is 15.0 Å². The number of nitrogens with zero attached hydrogens (tertiary/aromatic N) is 4. The number of hydrogen-bond acceptors (Lipinski definition) is 4. The van der Waals surface area contributed by atoms with Gasteiger partial charge in [0.05, 0.1) is 27.4 Å². The van der Waals surface area contributed by atoms with Gasteiger partial charge in [-0.2, -0.15) is 0 Å². The lowest BCUT2D eigenvalue weighted by atomic mass is 9.92. The van der Waals surface area contributed by atoms with Gasteiger partial charge in [-0.05, 0) is 57.0 Å². The van der Waals surface area contributed by atoms with Gasteiger partial charge in [-0.1, -0.05) is 170 Å². The number of benzene rings is 9. The molecule has 0 saturated carbocycles. The van der Waals surface area contributed by atoms with Gasteiger partial charge in [0.1, 0.15) is 11.2 Å². The van der Waals surface area contributed by atoms with Crippen molar-refractivity contribution in [2.75, 3.05) is 0 Å². The van der Waals surface area contributed by atoms with E-state index in [9.17, 15) is 5.48 Å². The second-order valence-electron chi connectivity index (χ2n) is 13.9. The first-order valence-electron chi connectivity index (χ1n) is 26.7. The van der Waals surface area contributed by atoms with Crippen molar-refractivity contribution in [2.45, 2.75) is 6.54 Å². The summed E-state index contributed by atoms with van der Waals surface area (Å²) >= 11 is 0. The van der Waals surface area contributed by atoms with Crippen LogP contribution >= 0.6 is 0 Å². The minimum Gasteiger partial charge on any atom is -0.456 e. The summed E-state index contributed by atoms with van der Waals surface area (Å²) in [5, 5.41) is 0.0775. The Morgan fingerprint density at radius 3 is 1.88 bits per heavy atom. The lowest BCUT2D eigenvalue weighted by Gasteiger charge is -2.13. The molecule has 0 unspecified atom stereocenters. The Hall–Kier alpha value is -7.89. The molecule has 0 fully saturated rings. The Labute approximate surface area is 362 Å². The predicted octanol–water partition coefficient (Wildman–Crippen LogP) is 13.9. The molecule has 0 atom stereocenters. The van der Waals surface area contributed by atoms with Crippen LogP contribution in [0.5, 0.6) is 0 Å². The molecule has 5 heteroatoms. The van der Waals surface area contributed by atoms with Gasteiger partial charge in [0.25, 0.3) is 0 Å². The Bertz CT molecular complexity index is 4470. The van der Waals surface area contributed by atoms with Crippen molar-refractivity contribution >= 4 is 65.3 Å². The Morgan fingerprint density at radius 1 is 0.458 bits per heavy atom. The second-order valence-corrected chi connectivity index (χ2v) is 13.9. The van der Waals surface area contributed by atoms with Crippen molar-refractivity contribution < 1.29 is 26.3 Å². The third kappa shape index (κ3) is 5.43. The van der Waals surface area contributed by atoms with E-state index in [-0.39, 0.29) is 71.7 Å². The molecule has 0 aliphatic rings. The number of hydrogen-bond donors (Lipinski definition) is 0. The molecule has 59 heavy (non-hydrogen) atoms. The molecule has 0 saturated heterocycles. The molecule has 0 aliphatic carbocycles. The van der Waals surface area contributed by atoms with Crippen molar-refractivity contribution in [3.8, 4) is 45.3 Å². The van der Waals surface area contributed by atoms with E-state index in [4.69, 9.17) is 35.8 Å². The number of para-hydroxylation sites is 1. The van der Waals surface area contributed by atoms with E-state index in [0.29, 0.717) is 39.4 Å². The average Bonchev–Trinajstić information content (AvgIpc) is 4.04. The number of fused-ring (bicyclic) bond motifs is 9. The maximum Gasteiger partial charge on any atom is 0.164 e. The molecular formula is C54H34N4O. The quantitative estimate of drug-likeness (QED) is 0.169. The highest BCUT2D eigenvalue weighted by atomic mass is 16.3. The number of furan rings is 1. The summed E-state index contributed by atoms with van der Waals surface area (Å²) in [5.41, 5.74) is 1.44. The third-order valence-corrected chi connectivity index (χ3v) is 10.5. The molecule has 3 heterocycles. The Balaban J connectivity index is 1.12. The Kier molecular flexibility index (Phi) is 4.76. The molecular weight excluding hydrogens is 721 g/mol. The fourth-order valence-corrected chi connectivity index (χ4v) is 7.87. The zero-order valence-corrected chi connectivity index (χ0v) is 30.6. The molecule has 0 N–H and O–H groups in total. The lowest BCUT2D eigenvalue weighted by molar-refractivity contribution is 0.667. The summed E-state index contributed by atoms with van der Waals surface area (Å²) < 4.78 is 152. The summed E-state index contributed by atoms with van der Waals surface area (Å²) in [6, 6.07) is 20.5. The SMILES string of the molecule is [2H]c1c([2H])c(-c2ccc(-c3nc(-c4ccccc4)nc(-c4ccccc4)n3)c3ccccc23)c2c(oc3c([2H])c(Cn4c5c([2H])c([2H])c([2H])c([2H])c5c5c([2H])c([2H])c6c([2H])c([2H])c([2H])c([2H])c6c54)c([2H])c([2H])c32)c1[2H]. The summed E-state index contributed by atoms with van der Waals surface area (Å²) in [5.74, 6) is 1.22. The average molecular weight is 771 g/mol. The van der Waals surface area contributed by atoms with Crippen molar-refractivity contribution in [3.63, 3.8) is 0 Å². The molecule has 9 aromatic carbocycles. The Morgan fingerprint density at radius 2 is 1.10 bits per heavy atom. The molecule has 0 amide bonds. The van der Waals surface area contributed by atoms with Crippen molar-refractivity contribution in [2.24, 2.45) is 0 Å². The minimum absolute atomic E-state index is 0.0279. The van der Waals surface area contributed by atoms with Crippen LogP contribution in [0.25, 0.3) is 111 Å². The molecule has 0 aliphatic heterocycles. The predicted molar refractivity (Wildman–Crippen MR) is 242 cm³/mol. The topological polar surface area (TPSA) is 56.7 Å². The third-order valence-electron chi connectivity index (χ3n) is 10.5. The van der Waals surface area contributed by atoms with Crippen LogP contribution in [0.1, 0.15) is 27.5 Å². The monoisotopic (exact) mass is 770 g/mol. The number of aromatic nitrogens is 4. The van der Waals surface area contributed by atoms with E-state index in [2.05, 4.69) is 0 Å². The zero-order chi connectivity index (χ0) is 52.8. The van der Waals surface area contributed by atoms with Gasteiger partial charge in [0.2, 0.25) is 0 Å². The van der Waals surface area contributed by atoms with Crippen LogP contribution in [-0.4, -0.2) is 19.5 Å². The maximum atomic E-state index is 9.72. The fraction of sp³-hybridized carbons (Fsp3) is 0.0185. The molecule has 12 aromatic rings. The first-order valence-corrected chi connectivity index (χ1v) is 18.7. The van der Waals surface area contributed by atoms with Crippen LogP contribution < -0.4 is 0 Å². The van der Waals surface area contributed by atoms with E-state index in [0.717, 1.165) is 11.1 Å².